The largest absolute Gasteiger partial charge is 0.494 e. The quantitative estimate of drug-likeness (QED) is 0.750. The van der Waals surface area contributed by atoms with Crippen molar-refractivity contribution in [3.8, 4) is 5.75 Å². The van der Waals surface area contributed by atoms with Gasteiger partial charge in [-0.05, 0) is 44.5 Å². The summed E-state index contributed by atoms with van der Waals surface area (Å²) < 4.78 is 6.63. The fourth-order valence-electron chi connectivity index (χ4n) is 1.76. The molecule has 0 aliphatic rings. The van der Waals surface area contributed by atoms with Crippen LogP contribution in [0.15, 0.2) is 22.7 Å². The van der Waals surface area contributed by atoms with Crippen LogP contribution in [0.25, 0.3) is 0 Å². The van der Waals surface area contributed by atoms with Crippen LogP contribution >= 0.6 is 28.3 Å². The van der Waals surface area contributed by atoms with Crippen LogP contribution in [0.4, 0.5) is 0 Å². The Morgan fingerprint density at radius 3 is 2.67 bits per heavy atom. The third kappa shape index (κ3) is 5.57. The second kappa shape index (κ2) is 9.62. The number of ether oxygens (including phenoxy) is 1. The lowest BCUT2D eigenvalue weighted by atomic mass is 10.0. The van der Waals surface area contributed by atoms with E-state index in [0.717, 1.165) is 41.6 Å². The van der Waals surface area contributed by atoms with Crippen LogP contribution in [0.5, 0.6) is 5.75 Å². The molecule has 0 spiro atoms. The molecule has 0 radical (unpaired) electrons. The monoisotopic (exact) mass is 336 g/mol. The molecule has 0 saturated carbocycles. The highest BCUT2D eigenvalue weighted by atomic mass is 79.9. The van der Waals surface area contributed by atoms with Gasteiger partial charge in [0.15, 0.2) is 0 Å². The van der Waals surface area contributed by atoms with Gasteiger partial charge in [-0.1, -0.05) is 22.4 Å². The van der Waals surface area contributed by atoms with Crippen LogP contribution in [0.1, 0.15) is 37.8 Å². The maximum absolute atomic E-state index is 6.19. The molecule has 0 bridgehead atoms. The van der Waals surface area contributed by atoms with Crippen molar-refractivity contribution >= 4 is 28.3 Å². The van der Waals surface area contributed by atoms with Crippen molar-refractivity contribution in [1.82, 2.24) is 0 Å². The molecule has 0 fully saturated rings. The third-order valence-corrected chi connectivity index (χ3v) is 3.13. The molecule has 18 heavy (non-hydrogen) atoms. The fourth-order valence-corrected chi connectivity index (χ4v) is 2.14. The summed E-state index contributed by atoms with van der Waals surface area (Å²) in [6, 6.07) is 5.99. The summed E-state index contributed by atoms with van der Waals surface area (Å²) in [5.74, 6) is 0.885. The lowest BCUT2D eigenvalue weighted by molar-refractivity contribution is 0.333. The molecule has 1 rings (SSSR count). The summed E-state index contributed by atoms with van der Waals surface area (Å²) in [7, 11) is 0. The van der Waals surface area contributed by atoms with Crippen molar-refractivity contribution in [2.45, 2.75) is 32.2 Å². The highest BCUT2D eigenvalue weighted by molar-refractivity contribution is 9.10. The minimum atomic E-state index is 0. The molecule has 4 N–H and O–H groups in total. The lowest BCUT2D eigenvalue weighted by Gasteiger charge is -2.16. The van der Waals surface area contributed by atoms with Crippen LogP contribution in [-0.2, 0) is 0 Å². The van der Waals surface area contributed by atoms with E-state index >= 15 is 0 Å². The van der Waals surface area contributed by atoms with Gasteiger partial charge in [0.2, 0.25) is 0 Å². The van der Waals surface area contributed by atoms with E-state index in [1.54, 1.807) is 0 Å². The molecular formula is C13H22BrClN2O. The Bertz CT molecular complexity index is 350. The zero-order valence-corrected chi connectivity index (χ0v) is 13.1. The van der Waals surface area contributed by atoms with Gasteiger partial charge in [-0.3, -0.25) is 0 Å². The average molecular weight is 338 g/mol. The molecule has 1 atom stereocenters. The summed E-state index contributed by atoms with van der Waals surface area (Å²) in [6.07, 6.45) is 3.01. The summed E-state index contributed by atoms with van der Waals surface area (Å²) in [5, 5.41) is 0. The summed E-state index contributed by atoms with van der Waals surface area (Å²) >= 11 is 3.47. The van der Waals surface area contributed by atoms with Crippen molar-refractivity contribution in [2.75, 3.05) is 13.2 Å². The van der Waals surface area contributed by atoms with Crippen LogP contribution in [0, 0.1) is 0 Å². The van der Waals surface area contributed by atoms with E-state index < -0.39 is 0 Å². The normalized spacial score (nSPS) is 11.8. The van der Waals surface area contributed by atoms with Gasteiger partial charge in [0.25, 0.3) is 0 Å². The van der Waals surface area contributed by atoms with E-state index in [-0.39, 0.29) is 18.4 Å². The van der Waals surface area contributed by atoms with Crippen LogP contribution in [-0.4, -0.2) is 13.2 Å². The molecule has 0 heterocycles. The first kappa shape index (κ1) is 17.7. The number of hydrogen-bond acceptors (Lipinski definition) is 3. The van der Waals surface area contributed by atoms with Crippen LogP contribution in [0.2, 0.25) is 0 Å². The molecule has 0 aliphatic carbocycles. The summed E-state index contributed by atoms with van der Waals surface area (Å²) in [5.41, 5.74) is 12.7. The molecular weight excluding hydrogens is 316 g/mol. The van der Waals surface area contributed by atoms with Crippen molar-refractivity contribution in [2.24, 2.45) is 11.5 Å². The Balaban J connectivity index is 0.00000289. The maximum atomic E-state index is 6.19. The van der Waals surface area contributed by atoms with Crippen molar-refractivity contribution < 1.29 is 4.74 Å². The predicted molar refractivity (Wildman–Crippen MR) is 82.4 cm³/mol. The number of halogens is 2. The van der Waals surface area contributed by atoms with Gasteiger partial charge in [0.05, 0.1) is 6.61 Å². The second-order valence-corrected chi connectivity index (χ2v) is 4.92. The van der Waals surface area contributed by atoms with E-state index in [0.29, 0.717) is 6.61 Å². The third-order valence-electron chi connectivity index (χ3n) is 2.64. The number of hydrogen-bond donors (Lipinski definition) is 2. The second-order valence-electron chi connectivity index (χ2n) is 4.01. The lowest BCUT2D eigenvalue weighted by Crippen LogP contribution is -2.13. The molecule has 0 aromatic heterocycles. The molecule has 5 heteroatoms. The minimum Gasteiger partial charge on any atom is -0.494 e. The predicted octanol–water partition coefficient (Wildman–Crippen LogP) is 3.40. The van der Waals surface area contributed by atoms with E-state index in [9.17, 15) is 0 Å². The van der Waals surface area contributed by atoms with Gasteiger partial charge in [-0.25, -0.2) is 0 Å². The van der Waals surface area contributed by atoms with Crippen molar-refractivity contribution in [1.29, 1.82) is 0 Å². The van der Waals surface area contributed by atoms with Gasteiger partial charge in [0, 0.05) is 16.1 Å². The SMILES string of the molecule is CCOc1ccc(Br)cc1[C@H](N)CCCCN.Cl. The fraction of sp³-hybridized carbons (Fsp3) is 0.538. The zero-order valence-electron chi connectivity index (χ0n) is 10.7. The maximum Gasteiger partial charge on any atom is 0.124 e. The molecule has 0 aliphatic heterocycles. The molecule has 1 aromatic carbocycles. The van der Waals surface area contributed by atoms with E-state index in [1.165, 1.54) is 0 Å². The minimum absolute atomic E-state index is 0. The van der Waals surface area contributed by atoms with E-state index in [2.05, 4.69) is 15.9 Å². The Hall–Kier alpha value is -0.290. The van der Waals surface area contributed by atoms with Crippen LogP contribution < -0.4 is 16.2 Å². The molecule has 0 saturated heterocycles. The first-order valence-corrected chi connectivity index (χ1v) is 6.86. The first-order chi connectivity index (χ1) is 8.19. The molecule has 0 unspecified atom stereocenters. The standard InChI is InChI=1S/C13H21BrN2O.ClH/c1-2-17-13-7-6-10(14)9-11(13)12(16)5-3-4-8-15;/h6-7,9,12H,2-5,8,15-16H2,1H3;1H/t12-;/m1./s1. The molecule has 3 nitrogen and oxygen atoms in total. The first-order valence-electron chi connectivity index (χ1n) is 6.07. The van der Waals surface area contributed by atoms with E-state index in [4.69, 9.17) is 16.2 Å². The number of rotatable bonds is 7. The van der Waals surface area contributed by atoms with Gasteiger partial charge >= 0.3 is 0 Å². The summed E-state index contributed by atoms with van der Waals surface area (Å²) in [4.78, 5) is 0. The highest BCUT2D eigenvalue weighted by Crippen LogP contribution is 2.29. The Morgan fingerprint density at radius 1 is 1.33 bits per heavy atom. The molecule has 1 aromatic rings. The topological polar surface area (TPSA) is 61.3 Å². The highest BCUT2D eigenvalue weighted by Gasteiger charge is 2.12. The van der Waals surface area contributed by atoms with Gasteiger partial charge in [0.1, 0.15) is 5.75 Å². The van der Waals surface area contributed by atoms with E-state index in [1.807, 2.05) is 25.1 Å². The number of unbranched alkanes of at least 4 members (excludes halogenated alkanes) is 1. The van der Waals surface area contributed by atoms with Crippen molar-refractivity contribution in [3.63, 3.8) is 0 Å². The van der Waals surface area contributed by atoms with Gasteiger partial charge in [-0.15, -0.1) is 12.4 Å². The molecule has 0 amide bonds. The Kier molecular flexibility index (Phi) is 9.46. The Morgan fingerprint density at radius 2 is 2.06 bits per heavy atom. The zero-order chi connectivity index (χ0) is 12.7. The number of nitrogens with two attached hydrogens (primary N) is 2. The summed E-state index contributed by atoms with van der Waals surface area (Å²) in [6.45, 7) is 3.36. The van der Waals surface area contributed by atoms with Gasteiger partial charge in [-0.2, -0.15) is 0 Å². The average Bonchev–Trinajstić information content (AvgIpc) is 2.32. The van der Waals surface area contributed by atoms with Crippen LogP contribution in [0.3, 0.4) is 0 Å². The molecule has 104 valence electrons. The Labute approximate surface area is 124 Å². The van der Waals surface area contributed by atoms with Gasteiger partial charge < -0.3 is 16.2 Å². The smallest absolute Gasteiger partial charge is 0.124 e. The number of benzene rings is 1. The van der Waals surface area contributed by atoms with Crippen molar-refractivity contribution in [3.05, 3.63) is 28.2 Å².